The van der Waals surface area contributed by atoms with Gasteiger partial charge in [-0.1, -0.05) is 11.6 Å². The molecule has 31 heavy (non-hydrogen) atoms. The first-order valence-corrected chi connectivity index (χ1v) is 10.4. The molecule has 1 aliphatic heterocycles. The van der Waals surface area contributed by atoms with Crippen molar-refractivity contribution in [1.82, 2.24) is 14.8 Å². The highest BCUT2D eigenvalue weighted by atomic mass is 35.5. The van der Waals surface area contributed by atoms with Crippen molar-refractivity contribution in [3.63, 3.8) is 0 Å². The molecule has 0 aliphatic carbocycles. The fourth-order valence-electron chi connectivity index (χ4n) is 3.16. The summed E-state index contributed by atoms with van der Waals surface area (Å²) in [5.41, 5.74) is -3.33. The highest BCUT2D eigenvalue weighted by Crippen LogP contribution is 2.43. The number of piperazine rings is 1. The van der Waals surface area contributed by atoms with Gasteiger partial charge in [-0.25, -0.2) is 9.37 Å². The monoisotopic (exact) mass is 479 g/mol. The minimum atomic E-state index is -5.10. The number of carbonyl (C=O) groups is 2. The summed E-state index contributed by atoms with van der Waals surface area (Å²) in [6, 6.07) is 3.56. The van der Waals surface area contributed by atoms with Gasteiger partial charge in [0.15, 0.2) is 0 Å². The third-order valence-corrected chi connectivity index (χ3v) is 6.27. The van der Waals surface area contributed by atoms with Gasteiger partial charge in [0.2, 0.25) is 11.5 Å². The van der Waals surface area contributed by atoms with Gasteiger partial charge in [0.25, 0.3) is 5.91 Å². The largest absolute Gasteiger partial charge is 0.424 e. The third kappa shape index (κ3) is 4.83. The first-order valence-electron chi connectivity index (χ1n) is 9.16. The van der Waals surface area contributed by atoms with E-state index >= 15 is 0 Å². The smallest absolute Gasteiger partial charge is 0.374 e. The Morgan fingerprint density at radius 1 is 1.19 bits per heavy atom. The number of aromatic nitrogens is 1. The summed E-state index contributed by atoms with van der Waals surface area (Å²) in [5.74, 6) is -2.30. The van der Waals surface area contributed by atoms with E-state index in [1.807, 2.05) is 0 Å². The molecule has 1 N–H and O–H groups in total. The van der Waals surface area contributed by atoms with Gasteiger partial charge in [0.05, 0.1) is 12.0 Å². The van der Waals surface area contributed by atoms with E-state index in [9.17, 15) is 32.3 Å². The number of nitrogens with zero attached hydrogens (tertiary/aromatic N) is 3. The number of aryl methyl sites for hydroxylation is 1. The lowest BCUT2D eigenvalue weighted by atomic mass is 9.98. The van der Waals surface area contributed by atoms with E-state index in [1.165, 1.54) is 29.3 Å². The zero-order valence-electron chi connectivity index (χ0n) is 16.2. The number of hydrogen-bond acceptors (Lipinski definition) is 5. The van der Waals surface area contributed by atoms with E-state index in [1.54, 1.807) is 0 Å². The van der Waals surface area contributed by atoms with E-state index < -0.39 is 40.8 Å². The van der Waals surface area contributed by atoms with Crippen LogP contribution in [0.15, 0.2) is 23.6 Å². The van der Waals surface area contributed by atoms with E-state index in [4.69, 9.17) is 11.6 Å². The molecule has 1 aromatic carbocycles. The second-order valence-electron chi connectivity index (χ2n) is 7.13. The molecule has 1 unspecified atom stereocenters. The van der Waals surface area contributed by atoms with Crippen LogP contribution in [0, 0.1) is 12.7 Å². The van der Waals surface area contributed by atoms with Crippen molar-refractivity contribution in [2.24, 2.45) is 0 Å². The van der Waals surface area contributed by atoms with E-state index in [0.717, 1.165) is 11.0 Å². The van der Waals surface area contributed by atoms with Crippen molar-refractivity contribution in [3.8, 4) is 0 Å². The molecule has 2 amide bonds. The zero-order valence-corrected chi connectivity index (χ0v) is 17.8. The van der Waals surface area contributed by atoms with Crippen LogP contribution in [0.3, 0.4) is 0 Å². The molecule has 1 aliphatic rings. The standard InChI is InChI=1S/C19H18ClF4N3O3S/c1-11-10-31-17(25-11)18(30,19(22,23)24)9-15(28)26-4-6-27(7-5-26)16(29)13-8-12(20)2-3-14(13)21/h2-3,8,10,30H,4-7,9H2,1H3. The van der Waals surface area contributed by atoms with Gasteiger partial charge in [-0.2, -0.15) is 13.2 Å². The number of rotatable bonds is 4. The topological polar surface area (TPSA) is 73.7 Å². The predicted octanol–water partition coefficient (Wildman–Crippen LogP) is 3.37. The Labute approximate surface area is 184 Å². The van der Waals surface area contributed by atoms with Gasteiger partial charge >= 0.3 is 6.18 Å². The average Bonchev–Trinajstić information content (AvgIpc) is 3.15. The van der Waals surface area contributed by atoms with Gasteiger partial charge in [0.1, 0.15) is 10.8 Å². The molecule has 1 atom stereocenters. The molecule has 12 heteroatoms. The number of aliphatic hydroxyl groups is 1. The number of hydrogen-bond donors (Lipinski definition) is 1. The summed E-state index contributed by atoms with van der Waals surface area (Å²) in [5, 5.41) is 11.3. The Bertz CT molecular complexity index is 992. The first kappa shape index (κ1) is 23.4. The van der Waals surface area contributed by atoms with Crippen LogP contribution in [-0.2, 0) is 10.4 Å². The van der Waals surface area contributed by atoms with Crippen molar-refractivity contribution in [2.45, 2.75) is 25.1 Å². The number of halogens is 5. The minimum absolute atomic E-state index is 0.00265. The number of benzene rings is 1. The highest BCUT2D eigenvalue weighted by molar-refractivity contribution is 7.09. The van der Waals surface area contributed by atoms with Crippen LogP contribution in [0.25, 0.3) is 0 Å². The Kier molecular flexibility index (Phi) is 6.59. The van der Waals surface area contributed by atoms with Gasteiger partial charge in [-0.15, -0.1) is 11.3 Å². The third-order valence-electron chi connectivity index (χ3n) is 4.93. The summed E-state index contributed by atoms with van der Waals surface area (Å²) in [6.45, 7) is 1.36. The van der Waals surface area contributed by atoms with E-state index in [0.29, 0.717) is 17.0 Å². The van der Waals surface area contributed by atoms with Gasteiger partial charge in [-0.3, -0.25) is 9.59 Å². The summed E-state index contributed by atoms with van der Waals surface area (Å²) in [6.07, 6.45) is -6.32. The molecule has 0 bridgehead atoms. The molecule has 168 valence electrons. The lowest BCUT2D eigenvalue weighted by Crippen LogP contribution is -2.53. The Morgan fingerprint density at radius 2 is 1.81 bits per heavy atom. The first-order chi connectivity index (χ1) is 14.4. The van der Waals surface area contributed by atoms with E-state index in [2.05, 4.69) is 4.98 Å². The quantitative estimate of drug-likeness (QED) is 0.682. The van der Waals surface area contributed by atoms with Crippen LogP contribution >= 0.6 is 22.9 Å². The van der Waals surface area contributed by atoms with Gasteiger partial charge < -0.3 is 14.9 Å². The number of carbonyl (C=O) groups excluding carboxylic acids is 2. The number of thiazole rings is 1. The van der Waals surface area contributed by atoms with Crippen molar-refractivity contribution in [3.05, 3.63) is 50.7 Å². The number of amides is 2. The Morgan fingerprint density at radius 3 is 2.35 bits per heavy atom. The van der Waals surface area contributed by atoms with Crippen molar-refractivity contribution in [1.29, 1.82) is 0 Å². The molecular weight excluding hydrogens is 462 g/mol. The molecule has 1 aromatic heterocycles. The fraction of sp³-hybridized carbons (Fsp3) is 0.421. The normalized spacial score (nSPS) is 16.9. The molecule has 6 nitrogen and oxygen atoms in total. The van der Waals surface area contributed by atoms with Crippen LogP contribution in [-0.4, -0.2) is 64.1 Å². The summed E-state index contributed by atoms with van der Waals surface area (Å²) in [7, 11) is 0. The van der Waals surface area contributed by atoms with Crippen molar-refractivity contribution in [2.75, 3.05) is 26.2 Å². The summed E-state index contributed by atoms with van der Waals surface area (Å²) >= 11 is 6.43. The maximum absolute atomic E-state index is 13.9. The molecule has 0 saturated carbocycles. The van der Waals surface area contributed by atoms with Gasteiger partial charge in [-0.05, 0) is 25.1 Å². The van der Waals surface area contributed by atoms with Gasteiger partial charge in [0, 0.05) is 42.3 Å². The maximum atomic E-state index is 13.9. The molecule has 1 saturated heterocycles. The van der Waals surface area contributed by atoms with Crippen LogP contribution in [0.5, 0.6) is 0 Å². The fourth-order valence-corrected chi connectivity index (χ4v) is 4.25. The molecule has 0 spiro atoms. The summed E-state index contributed by atoms with van der Waals surface area (Å²) in [4.78, 5) is 31.2. The molecule has 2 heterocycles. The number of alkyl halides is 3. The average molecular weight is 480 g/mol. The highest BCUT2D eigenvalue weighted by Gasteiger charge is 2.58. The molecule has 1 fully saturated rings. The lowest BCUT2D eigenvalue weighted by Gasteiger charge is -2.36. The van der Waals surface area contributed by atoms with E-state index in [-0.39, 0.29) is 36.8 Å². The molecule has 2 aromatic rings. The molecular formula is C19H18ClF4N3O3S. The maximum Gasteiger partial charge on any atom is 0.424 e. The van der Waals surface area contributed by atoms with Crippen molar-refractivity contribution >= 4 is 34.8 Å². The molecule has 3 rings (SSSR count). The lowest BCUT2D eigenvalue weighted by molar-refractivity contribution is -0.268. The zero-order chi connectivity index (χ0) is 23.0. The Balaban J connectivity index is 1.68. The van der Waals surface area contributed by atoms with Crippen LogP contribution in [0.1, 0.15) is 27.5 Å². The van der Waals surface area contributed by atoms with Crippen LogP contribution in [0.4, 0.5) is 17.6 Å². The predicted molar refractivity (Wildman–Crippen MR) is 105 cm³/mol. The van der Waals surface area contributed by atoms with Crippen molar-refractivity contribution < 1.29 is 32.3 Å². The molecule has 0 radical (unpaired) electrons. The van der Waals surface area contributed by atoms with Crippen LogP contribution < -0.4 is 0 Å². The Hall–Kier alpha value is -2.24. The van der Waals surface area contributed by atoms with Crippen LogP contribution in [0.2, 0.25) is 5.02 Å². The second-order valence-corrected chi connectivity index (χ2v) is 8.42. The minimum Gasteiger partial charge on any atom is -0.374 e. The second kappa shape index (κ2) is 8.71. The SMILES string of the molecule is Cc1csc(C(O)(CC(=O)N2CCN(C(=O)c3cc(Cl)ccc3F)CC2)C(F)(F)F)n1. The summed E-state index contributed by atoms with van der Waals surface area (Å²) < 4.78 is 54.7.